The van der Waals surface area contributed by atoms with Crippen LogP contribution in [-0.4, -0.2) is 54.4 Å². The highest BCUT2D eigenvalue weighted by molar-refractivity contribution is 6.38. The lowest BCUT2D eigenvalue weighted by molar-refractivity contribution is 0.141. The normalized spacial score (nSPS) is 13.9. The third-order valence-electron chi connectivity index (χ3n) is 5.24. The molecule has 0 spiro atoms. The summed E-state index contributed by atoms with van der Waals surface area (Å²) in [5.41, 5.74) is 2.48. The van der Waals surface area contributed by atoms with Crippen LogP contribution in [0.2, 0.25) is 10.0 Å². The summed E-state index contributed by atoms with van der Waals surface area (Å²) in [7, 11) is 1.66. The number of anilines is 1. The second-order valence-corrected chi connectivity index (χ2v) is 7.92. The summed E-state index contributed by atoms with van der Waals surface area (Å²) >= 11 is 12.5. The Bertz CT molecular complexity index is 1080. The van der Waals surface area contributed by atoms with E-state index in [1.807, 2.05) is 18.2 Å². The van der Waals surface area contributed by atoms with Crippen molar-refractivity contribution in [3.63, 3.8) is 0 Å². The Kier molecular flexibility index (Phi) is 9.18. The maximum absolute atomic E-state index is 11.2. The molecule has 0 unspecified atom stereocenters. The highest BCUT2D eigenvalue weighted by Crippen LogP contribution is 2.37. The molecule has 2 aromatic carbocycles. The van der Waals surface area contributed by atoms with Crippen LogP contribution in [0.4, 0.5) is 10.5 Å². The lowest BCUT2D eigenvalue weighted by Crippen LogP contribution is -2.46. The van der Waals surface area contributed by atoms with Crippen LogP contribution >= 0.6 is 48.0 Å². The number of rotatable bonds is 5. The van der Waals surface area contributed by atoms with Gasteiger partial charge in [-0.1, -0.05) is 29.3 Å². The smallest absolute Gasteiger partial charge is 0.497 e. The van der Waals surface area contributed by atoms with Gasteiger partial charge in [-0.05, 0) is 24.3 Å². The Hall–Kier alpha value is -2.03. The van der Waals surface area contributed by atoms with E-state index in [1.165, 1.54) is 0 Å². The van der Waals surface area contributed by atoms with E-state index in [-0.39, 0.29) is 30.7 Å². The molecule has 2 N–H and O–H groups in total. The molecule has 1 fully saturated rings. The first-order chi connectivity index (χ1) is 14.4. The van der Waals surface area contributed by atoms with Crippen molar-refractivity contribution in [3.8, 4) is 11.6 Å². The zero-order chi connectivity index (χ0) is 21.3. The number of aromatic amines is 1. The molecule has 3 aromatic rings. The maximum atomic E-state index is 11.2. The molecule has 0 amide bonds. The molecule has 174 valence electrons. The predicted molar refractivity (Wildman–Crippen MR) is 132 cm³/mol. The Labute approximate surface area is 208 Å². The third-order valence-corrected chi connectivity index (χ3v) is 5.76. The van der Waals surface area contributed by atoms with E-state index >= 15 is 0 Å². The molecule has 1 aliphatic rings. The van der Waals surface area contributed by atoms with Crippen molar-refractivity contribution in [1.29, 1.82) is 0 Å². The van der Waals surface area contributed by atoms with Crippen LogP contribution in [0.15, 0.2) is 36.4 Å². The number of halogens is 4. The number of fused-ring (bicyclic) bond motifs is 1. The van der Waals surface area contributed by atoms with Crippen LogP contribution < -0.4 is 14.4 Å². The number of methoxy groups -OCH3 is 1. The summed E-state index contributed by atoms with van der Waals surface area (Å²) in [4.78, 5) is 18.7. The first-order valence-corrected chi connectivity index (χ1v) is 10.2. The first kappa shape index (κ1) is 26.2. The molecule has 1 saturated heterocycles. The third kappa shape index (κ3) is 5.66. The summed E-state index contributed by atoms with van der Waals surface area (Å²) < 4.78 is 10.3. The largest absolute Gasteiger partial charge is 0.512 e. The minimum Gasteiger partial charge on any atom is -0.497 e. The summed E-state index contributed by atoms with van der Waals surface area (Å²) in [5, 5.41) is 10.8. The number of piperazine rings is 1. The summed E-state index contributed by atoms with van der Waals surface area (Å²) in [5.74, 6) is 1.01. The molecule has 2 heterocycles. The van der Waals surface area contributed by atoms with Crippen molar-refractivity contribution in [2.24, 2.45) is 0 Å². The van der Waals surface area contributed by atoms with E-state index in [2.05, 4.69) is 20.9 Å². The fourth-order valence-electron chi connectivity index (χ4n) is 3.81. The standard InChI is InChI=1S/C21H21Cl2N3O4.2ClH/c1-29-15-4-2-3-14(11-15)26-7-5-25(6-8-26)12-16-19-17(23)9-13(22)10-18(19)24-20(16)30-21(27)28;;/h2-4,9-11,24H,5-8,12H2,1H3,(H,27,28);2*1H. The number of H-pyrrole nitrogens is 1. The molecule has 1 aliphatic heterocycles. The molecule has 11 heteroatoms. The van der Waals surface area contributed by atoms with Gasteiger partial charge in [0.1, 0.15) is 5.75 Å². The number of nitrogens with one attached hydrogen (secondary N) is 1. The average molecular weight is 523 g/mol. The van der Waals surface area contributed by atoms with Gasteiger partial charge in [-0.15, -0.1) is 24.8 Å². The predicted octanol–water partition coefficient (Wildman–Crippen LogP) is 5.71. The number of nitrogens with zero attached hydrogens (tertiary/aromatic N) is 2. The van der Waals surface area contributed by atoms with Gasteiger partial charge in [-0.25, -0.2) is 4.79 Å². The van der Waals surface area contributed by atoms with Gasteiger partial charge in [0.25, 0.3) is 0 Å². The van der Waals surface area contributed by atoms with E-state index in [0.717, 1.165) is 43.0 Å². The number of benzene rings is 2. The summed E-state index contributed by atoms with van der Waals surface area (Å²) in [6.07, 6.45) is -1.38. The number of hydrogen-bond donors (Lipinski definition) is 2. The number of ether oxygens (including phenoxy) is 2. The minimum atomic E-state index is -1.38. The molecule has 7 nitrogen and oxygen atoms in total. The van der Waals surface area contributed by atoms with Crippen molar-refractivity contribution in [1.82, 2.24) is 9.88 Å². The second kappa shape index (κ2) is 11.2. The molecular formula is C21H23Cl4N3O4. The Morgan fingerprint density at radius 3 is 2.50 bits per heavy atom. The number of carboxylic acid groups (broad SMARTS) is 1. The average Bonchev–Trinajstić information content (AvgIpc) is 3.04. The minimum absolute atomic E-state index is 0. The van der Waals surface area contributed by atoms with E-state index in [9.17, 15) is 4.79 Å². The first-order valence-electron chi connectivity index (χ1n) is 9.46. The van der Waals surface area contributed by atoms with E-state index in [4.69, 9.17) is 37.8 Å². The van der Waals surface area contributed by atoms with Crippen LogP contribution in [0.3, 0.4) is 0 Å². The molecule has 0 bridgehead atoms. The van der Waals surface area contributed by atoms with Gasteiger partial charge in [-0.2, -0.15) is 0 Å². The molecule has 1 aromatic heterocycles. The maximum Gasteiger partial charge on any atom is 0.512 e. The van der Waals surface area contributed by atoms with Crippen molar-refractivity contribution in [3.05, 3.63) is 52.0 Å². The fourth-order valence-corrected chi connectivity index (χ4v) is 4.42. The molecule has 32 heavy (non-hydrogen) atoms. The van der Waals surface area contributed by atoms with Crippen LogP contribution in [0, 0.1) is 0 Å². The molecular weight excluding hydrogens is 500 g/mol. The number of hydrogen-bond acceptors (Lipinski definition) is 5. The quantitative estimate of drug-likeness (QED) is 0.418. The van der Waals surface area contributed by atoms with Crippen LogP contribution in [0.1, 0.15) is 5.56 Å². The second-order valence-electron chi connectivity index (χ2n) is 7.08. The van der Waals surface area contributed by atoms with Crippen LogP contribution in [0.25, 0.3) is 10.9 Å². The van der Waals surface area contributed by atoms with Crippen LogP contribution in [-0.2, 0) is 6.54 Å². The molecule has 4 rings (SSSR count). The van der Waals surface area contributed by atoms with Crippen molar-refractivity contribution in [2.45, 2.75) is 6.54 Å². The van der Waals surface area contributed by atoms with Gasteiger partial charge in [0.05, 0.1) is 17.6 Å². The lowest BCUT2D eigenvalue weighted by atomic mass is 10.1. The van der Waals surface area contributed by atoms with Crippen molar-refractivity contribution >= 4 is 70.8 Å². The fraction of sp³-hybridized carbons (Fsp3) is 0.286. The summed E-state index contributed by atoms with van der Waals surface area (Å²) in [6.45, 7) is 3.80. The van der Waals surface area contributed by atoms with Gasteiger partial charge in [0.2, 0.25) is 5.88 Å². The zero-order valence-corrected chi connectivity index (χ0v) is 20.3. The number of carbonyl (C=O) groups is 1. The van der Waals surface area contributed by atoms with E-state index < -0.39 is 6.16 Å². The highest BCUT2D eigenvalue weighted by atomic mass is 35.5. The van der Waals surface area contributed by atoms with Crippen molar-refractivity contribution < 1.29 is 19.4 Å². The zero-order valence-electron chi connectivity index (χ0n) is 17.1. The van der Waals surface area contributed by atoms with Gasteiger partial charge in [-0.3, -0.25) is 4.90 Å². The van der Waals surface area contributed by atoms with Gasteiger partial charge in [0, 0.05) is 60.4 Å². The highest BCUT2D eigenvalue weighted by Gasteiger charge is 2.23. The lowest BCUT2D eigenvalue weighted by Gasteiger charge is -2.36. The van der Waals surface area contributed by atoms with Gasteiger partial charge >= 0.3 is 6.16 Å². The van der Waals surface area contributed by atoms with E-state index in [1.54, 1.807) is 19.2 Å². The molecule has 0 atom stereocenters. The Morgan fingerprint density at radius 1 is 1.12 bits per heavy atom. The monoisotopic (exact) mass is 521 g/mol. The summed E-state index contributed by atoms with van der Waals surface area (Å²) in [6, 6.07) is 11.4. The SMILES string of the molecule is COc1cccc(N2CCN(Cc3c(OC(=O)O)[nH]c4cc(Cl)cc(Cl)c34)CC2)c1.Cl.Cl. The molecule has 0 saturated carbocycles. The molecule has 0 radical (unpaired) electrons. The van der Waals surface area contributed by atoms with Crippen LogP contribution in [0.5, 0.6) is 11.6 Å². The van der Waals surface area contributed by atoms with Crippen molar-refractivity contribution in [2.75, 3.05) is 38.2 Å². The van der Waals surface area contributed by atoms with Gasteiger partial charge in [0.15, 0.2) is 0 Å². The number of aromatic nitrogens is 1. The Balaban J connectivity index is 0.00000181. The van der Waals surface area contributed by atoms with E-state index in [0.29, 0.717) is 27.7 Å². The molecule has 0 aliphatic carbocycles. The topological polar surface area (TPSA) is 78.0 Å². The van der Waals surface area contributed by atoms with Gasteiger partial charge < -0.3 is 24.5 Å². The Morgan fingerprint density at radius 2 is 1.84 bits per heavy atom.